The molecule has 0 unspecified atom stereocenters. The standard InChI is InChI=1S/C14H19FN2O/c1-2-4-13(17-9-7-16-8-10-17)11-5-3-6-12(15)14(11)18/h2-3,5-6,13,16,18H,1,4,7-10H2/t13-/m1/s1. The molecule has 3 nitrogen and oxygen atoms in total. The maximum Gasteiger partial charge on any atom is 0.165 e. The lowest BCUT2D eigenvalue weighted by Crippen LogP contribution is -2.45. The van der Waals surface area contributed by atoms with Crippen LogP contribution in [0.1, 0.15) is 18.0 Å². The zero-order chi connectivity index (χ0) is 13.0. The average molecular weight is 250 g/mol. The number of piperazine rings is 1. The van der Waals surface area contributed by atoms with Crippen molar-refractivity contribution in [1.29, 1.82) is 0 Å². The molecule has 1 atom stereocenters. The first kappa shape index (κ1) is 13.1. The topological polar surface area (TPSA) is 35.5 Å². The molecule has 1 fully saturated rings. The molecule has 0 saturated carbocycles. The van der Waals surface area contributed by atoms with Gasteiger partial charge in [0.15, 0.2) is 11.6 Å². The van der Waals surface area contributed by atoms with Crippen LogP contribution in [0.4, 0.5) is 4.39 Å². The molecule has 18 heavy (non-hydrogen) atoms. The van der Waals surface area contributed by atoms with Crippen LogP contribution in [0, 0.1) is 5.82 Å². The number of nitrogens with zero attached hydrogens (tertiary/aromatic N) is 1. The van der Waals surface area contributed by atoms with Gasteiger partial charge in [-0.05, 0) is 12.5 Å². The molecule has 2 rings (SSSR count). The average Bonchev–Trinajstić information content (AvgIpc) is 2.41. The van der Waals surface area contributed by atoms with Crippen molar-refractivity contribution in [1.82, 2.24) is 10.2 Å². The summed E-state index contributed by atoms with van der Waals surface area (Å²) in [4.78, 5) is 2.26. The van der Waals surface area contributed by atoms with E-state index in [4.69, 9.17) is 0 Å². The summed E-state index contributed by atoms with van der Waals surface area (Å²) in [6.45, 7) is 7.39. The van der Waals surface area contributed by atoms with Gasteiger partial charge in [0.2, 0.25) is 0 Å². The normalized spacial score (nSPS) is 18.5. The molecule has 1 heterocycles. The number of para-hydroxylation sites is 1. The van der Waals surface area contributed by atoms with Crippen LogP contribution in [-0.4, -0.2) is 36.2 Å². The van der Waals surface area contributed by atoms with Gasteiger partial charge in [0.1, 0.15) is 0 Å². The second-order valence-corrected chi connectivity index (χ2v) is 4.50. The number of hydrogen-bond acceptors (Lipinski definition) is 3. The van der Waals surface area contributed by atoms with Gasteiger partial charge in [-0.1, -0.05) is 18.2 Å². The molecule has 1 saturated heterocycles. The first-order chi connectivity index (χ1) is 8.74. The molecule has 1 aromatic carbocycles. The lowest BCUT2D eigenvalue weighted by molar-refractivity contribution is 0.171. The maximum atomic E-state index is 13.4. The van der Waals surface area contributed by atoms with Gasteiger partial charge >= 0.3 is 0 Å². The van der Waals surface area contributed by atoms with Crippen LogP contribution in [-0.2, 0) is 0 Å². The summed E-state index contributed by atoms with van der Waals surface area (Å²) < 4.78 is 13.4. The van der Waals surface area contributed by atoms with E-state index in [-0.39, 0.29) is 11.8 Å². The summed E-state index contributed by atoms with van der Waals surface area (Å²) in [5.74, 6) is -0.792. The van der Waals surface area contributed by atoms with Crippen molar-refractivity contribution in [2.75, 3.05) is 26.2 Å². The first-order valence-electron chi connectivity index (χ1n) is 6.27. The molecule has 0 aromatic heterocycles. The molecule has 1 aliphatic rings. The number of rotatable bonds is 4. The van der Waals surface area contributed by atoms with E-state index < -0.39 is 5.82 Å². The fraction of sp³-hybridized carbons (Fsp3) is 0.429. The Balaban J connectivity index is 2.28. The van der Waals surface area contributed by atoms with Crippen LogP contribution < -0.4 is 5.32 Å². The molecular formula is C14H19FN2O. The summed E-state index contributed by atoms with van der Waals surface area (Å²) in [5.41, 5.74) is 0.650. The first-order valence-corrected chi connectivity index (χ1v) is 6.27. The Morgan fingerprint density at radius 1 is 1.44 bits per heavy atom. The molecule has 0 radical (unpaired) electrons. The summed E-state index contributed by atoms with van der Waals surface area (Å²) in [6.07, 6.45) is 2.52. The number of benzene rings is 1. The van der Waals surface area contributed by atoms with Crippen molar-refractivity contribution < 1.29 is 9.50 Å². The van der Waals surface area contributed by atoms with Gasteiger partial charge in [-0.3, -0.25) is 4.90 Å². The van der Waals surface area contributed by atoms with E-state index in [1.54, 1.807) is 12.1 Å². The van der Waals surface area contributed by atoms with Crippen molar-refractivity contribution in [3.05, 3.63) is 42.2 Å². The smallest absolute Gasteiger partial charge is 0.165 e. The maximum absolute atomic E-state index is 13.4. The van der Waals surface area contributed by atoms with Crippen molar-refractivity contribution in [2.24, 2.45) is 0 Å². The Morgan fingerprint density at radius 2 is 2.17 bits per heavy atom. The van der Waals surface area contributed by atoms with E-state index in [0.717, 1.165) is 26.2 Å². The summed E-state index contributed by atoms with van der Waals surface area (Å²) in [6, 6.07) is 4.71. The third-order valence-electron chi connectivity index (χ3n) is 3.36. The predicted octanol–water partition coefficient (Wildman–Crippen LogP) is 2.05. The van der Waals surface area contributed by atoms with Crippen molar-refractivity contribution in [2.45, 2.75) is 12.5 Å². The van der Waals surface area contributed by atoms with Gasteiger partial charge in [-0.25, -0.2) is 4.39 Å². The lowest BCUT2D eigenvalue weighted by Gasteiger charge is -2.35. The highest BCUT2D eigenvalue weighted by molar-refractivity contribution is 5.36. The van der Waals surface area contributed by atoms with E-state index in [1.165, 1.54) is 6.07 Å². The molecule has 0 spiro atoms. The van der Waals surface area contributed by atoms with Gasteiger partial charge < -0.3 is 10.4 Å². The second-order valence-electron chi connectivity index (χ2n) is 4.50. The van der Waals surface area contributed by atoms with Crippen LogP contribution in [0.15, 0.2) is 30.9 Å². The molecule has 0 aliphatic carbocycles. The number of nitrogens with one attached hydrogen (secondary N) is 1. The number of halogens is 1. The minimum Gasteiger partial charge on any atom is -0.505 e. The molecule has 0 bridgehead atoms. The molecule has 1 aliphatic heterocycles. The molecular weight excluding hydrogens is 231 g/mol. The minimum absolute atomic E-state index is 0.000278. The Bertz CT molecular complexity index is 416. The van der Waals surface area contributed by atoms with Crippen molar-refractivity contribution >= 4 is 0 Å². The third-order valence-corrected chi connectivity index (χ3v) is 3.36. The van der Waals surface area contributed by atoms with Crippen LogP contribution in [0.2, 0.25) is 0 Å². The zero-order valence-electron chi connectivity index (χ0n) is 10.4. The van der Waals surface area contributed by atoms with E-state index in [2.05, 4.69) is 16.8 Å². The highest BCUT2D eigenvalue weighted by Crippen LogP contribution is 2.33. The van der Waals surface area contributed by atoms with Gasteiger partial charge in [0.05, 0.1) is 0 Å². The monoisotopic (exact) mass is 250 g/mol. The summed E-state index contributed by atoms with van der Waals surface area (Å²) in [5, 5.41) is 13.2. The Kier molecular flexibility index (Phi) is 4.33. The van der Waals surface area contributed by atoms with Gasteiger partial charge in [0, 0.05) is 37.8 Å². The minimum atomic E-state index is -0.559. The highest BCUT2D eigenvalue weighted by Gasteiger charge is 2.24. The Labute approximate surface area is 107 Å². The van der Waals surface area contributed by atoms with Crippen molar-refractivity contribution in [3.8, 4) is 5.75 Å². The molecule has 1 aromatic rings. The van der Waals surface area contributed by atoms with E-state index in [1.807, 2.05) is 6.08 Å². The largest absolute Gasteiger partial charge is 0.505 e. The summed E-state index contributed by atoms with van der Waals surface area (Å²) >= 11 is 0. The number of hydrogen-bond donors (Lipinski definition) is 2. The SMILES string of the molecule is C=CC[C@H](c1cccc(F)c1O)N1CCNCC1. The van der Waals surface area contributed by atoms with Crippen molar-refractivity contribution in [3.63, 3.8) is 0 Å². The Hall–Kier alpha value is -1.39. The quantitative estimate of drug-likeness (QED) is 0.803. The van der Waals surface area contributed by atoms with Gasteiger partial charge in [-0.15, -0.1) is 6.58 Å². The zero-order valence-corrected chi connectivity index (χ0v) is 10.4. The molecule has 0 amide bonds. The van der Waals surface area contributed by atoms with E-state index in [9.17, 15) is 9.50 Å². The van der Waals surface area contributed by atoms with Crippen LogP contribution in [0.5, 0.6) is 5.75 Å². The molecule has 4 heteroatoms. The number of phenolic OH excluding ortho intramolecular Hbond substituents is 1. The second kappa shape index (κ2) is 5.98. The van der Waals surface area contributed by atoms with Crippen LogP contribution in [0.25, 0.3) is 0 Å². The molecule has 2 N–H and O–H groups in total. The van der Waals surface area contributed by atoms with E-state index in [0.29, 0.717) is 12.0 Å². The number of phenols is 1. The van der Waals surface area contributed by atoms with Gasteiger partial charge in [0.25, 0.3) is 0 Å². The summed E-state index contributed by atoms with van der Waals surface area (Å²) in [7, 11) is 0. The highest BCUT2D eigenvalue weighted by atomic mass is 19.1. The fourth-order valence-corrected chi connectivity index (χ4v) is 2.43. The number of aromatic hydroxyl groups is 1. The Morgan fingerprint density at radius 3 is 2.83 bits per heavy atom. The predicted molar refractivity (Wildman–Crippen MR) is 70.1 cm³/mol. The van der Waals surface area contributed by atoms with Crippen LogP contribution in [0.3, 0.4) is 0 Å². The molecule has 98 valence electrons. The van der Waals surface area contributed by atoms with Gasteiger partial charge in [-0.2, -0.15) is 0 Å². The van der Waals surface area contributed by atoms with Crippen LogP contribution >= 0.6 is 0 Å². The fourth-order valence-electron chi connectivity index (χ4n) is 2.43. The third kappa shape index (κ3) is 2.71. The lowest BCUT2D eigenvalue weighted by atomic mass is 10.00. The van der Waals surface area contributed by atoms with E-state index >= 15 is 0 Å².